The van der Waals surface area contributed by atoms with E-state index in [1.165, 1.54) is 0 Å². The lowest BCUT2D eigenvalue weighted by atomic mass is 10.0. The number of hydrogen-bond donors (Lipinski definition) is 2. The highest BCUT2D eigenvalue weighted by atomic mass is 35.5. The SMILES string of the molecule is Cc1c(CC(N)C(=O)O)c2c(Cl)cccc2n1C. The molecule has 0 aliphatic heterocycles. The minimum absolute atomic E-state index is 0.280. The van der Waals surface area contributed by atoms with Crippen LogP contribution in [0, 0.1) is 6.92 Å². The van der Waals surface area contributed by atoms with E-state index in [0.717, 1.165) is 22.2 Å². The van der Waals surface area contributed by atoms with E-state index in [0.29, 0.717) is 5.02 Å². The Kier molecular flexibility index (Phi) is 3.32. The minimum atomic E-state index is -1.00. The number of aliphatic carboxylic acids is 1. The van der Waals surface area contributed by atoms with Gasteiger partial charge in [-0.1, -0.05) is 17.7 Å². The molecule has 0 aliphatic carbocycles. The topological polar surface area (TPSA) is 68.2 Å². The van der Waals surface area contributed by atoms with Gasteiger partial charge in [0.15, 0.2) is 0 Å². The molecule has 2 aromatic rings. The summed E-state index contributed by atoms with van der Waals surface area (Å²) in [5.41, 5.74) is 8.51. The fraction of sp³-hybridized carbons (Fsp3) is 0.308. The van der Waals surface area contributed by atoms with Gasteiger partial charge < -0.3 is 15.4 Å². The van der Waals surface area contributed by atoms with Gasteiger partial charge >= 0.3 is 5.97 Å². The zero-order chi connectivity index (χ0) is 13.4. The van der Waals surface area contributed by atoms with E-state index in [-0.39, 0.29) is 6.42 Å². The Bertz CT molecular complexity index is 619. The maximum Gasteiger partial charge on any atom is 0.320 e. The van der Waals surface area contributed by atoms with Crippen LogP contribution in [0.25, 0.3) is 10.9 Å². The Hall–Kier alpha value is -1.52. The molecule has 96 valence electrons. The van der Waals surface area contributed by atoms with Crippen LogP contribution in [0.2, 0.25) is 5.02 Å². The van der Waals surface area contributed by atoms with Crippen molar-refractivity contribution in [1.29, 1.82) is 0 Å². The molecule has 0 bridgehead atoms. The number of carbonyl (C=O) groups is 1. The number of aryl methyl sites for hydroxylation is 1. The van der Waals surface area contributed by atoms with Crippen molar-refractivity contribution in [2.75, 3.05) is 0 Å². The Labute approximate surface area is 110 Å². The number of nitrogens with zero attached hydrogens (tertiary/aromatic N) is 1. The van der Waals surface area contributed by atoms with Crippen LogP contribution >= 0.6 is 11.6 Å². The second-order valence-electron chi connectivity index (χ2n) is 4.41. The van der Waals surface area contributed by atoms with E-state index in [1.54, 1.807) is 6.07 Å². The summed E-state index contributed by atoms with van der Waals surface area (Å²) in [6.45, 7) is 1.94. The molecule has 1 aromatic heterocycles. The first-order valence-electron chi connectivity index (χ1n) is 5.64. The van der Waals surface area contributed by atoms with Gasteiger partial charge in [-0.2, -0.15) is 0 Å². The Morgan fingerprint density at radius 3 is 2.83 bits per heavy atom. The van der Waals surface area contributed by atoms with E-state index in [2.05, 4.69) is 0 Å². The van der Waals surface area contributed by atoms with Crippen molar-refractivity contribution in [3.8, 4) is 0 Å². The monoisotopic (exact) mass is 266 g/mol. The third-order valence-electron chi connectivity index (χ3n) is 3.34. The van der Waals surface area contributed by atoms with Crippen molar-refractivity contribution in [1.82, 2.24) is 4.57 Å². The van der Waals surface area contributed by atoms with E-state index in [4.69, 9.17) is 22.4 Å². The van der Waals surface area contributed by atoms with Gasteiger partial charge in [0.1, 0.15) is 6.04 Å². The van der Waals surface area contributed by atoms with Gasteiger partial charge in [0.05, 0.1) is 5.02 Å². The van der Waals surface area contributed by atoms with Gasteiger partial charge in [0, 0.05) is 30.1 Å². The van der Waals surface area contributed by atoms with Crippen molar-refractivity contribution in [2.24, 2.45) is 12.8 Å². The van der Waals surface area contributed by atoms with Gasteiger partial charge in [-0.05, 0) is 24.6 Å². The molecule has 3 N–H and O–H groups in total. The number of carboxylic acid groups (broad SMARTS) is 1. The molecule has 0 amide bonds. The Balaban J connectivity index is 2.63. The molecular formula is C13H15ClN2O2. The molecule has 0 aliphatic rings. The lowest BCUT2D eigenvalue weighted by Crippen LogP contribution is -2.32. The van der Waals surface area contributed by atoms with E-state index >= 15 is 0 Å². The molecule has 0 spiro atoms. The summed E-state index contributed by atoms with van der Waals surface area (Å²) in [5, 5.41) is 10.4. The number of nitrogens with two attached hydrogens (primary N) is 1. The highest BCUT2D eigenvalue weighted by Gasteiger charge is 2.20. The van der Waals surface area contributed by atoms with E-state index < -0.39 is 12.0 Å². The van der Waals surface area contributed by atoms with Crippen LogP contribution in [0.15, 0.2) is 18.2 Å². The van der Waals surface area contributed by atoms with Crippen LogP contribution in [0.4, 0.5) is 0 Å². The van der Waals surface area contributed by atoms with Crippen molar-refractivity contribution >= 4 is 28.5 Å². The zero-order valence-corrected chi connectivity index (χ0v) is 11.0. The first-order chi connectivity index (χ1) is 8.43. The molecule has 0 radical (unpaired) electrons. The van der Waals surface area contributed by atoms with E-state index in [1.807, 2.05) is 30.7 Å². The van der Waals surface area contributed by atoms with Gasteiger partial charge in [0.25, 0.3) is 0 Å². The van der Waals surface area contributed by atoms with Crippen LogP contribution in [-0.4, -0.2) is 21.7 Å². The number of aromatic nitrogens is 1. The maximum absolute atomic E-state index is 10.9. The summed E-state index contributed by atoms with van der Waals surface area (Å²) < 4.78 is 2.01. The summed E-state index contributed by atoms with van der Waals surface area (Å²) >= 11 is 6.21. The number of benzene rings is 1. The molecule has 0 saturated carbocycles. The van der Waals surface area contributed by atoms with E-state index in [9.17, 15) is 4.79 Å². The summed E-state index contributed by atoms with van der Waals surface area (Å²) in [4.78, 5) is 10.9. The van der Waals surface area contributed by atoms with Crippen molar-refractivity contribution in [2.45, 2.75) is 19.4 Å². The normalized spacial score (nSPS) is 12.9. The molecule has 1 heterocycles. The van der Waals surface area contributed by atoms with Crippen molar-refractivity contribution in [3.63, 3.8) is 0 Å². The Morgan fingerprint density at radius 1 is 1.56 bits per heavy atom. The lowest BCUT2D eigenvalue weighted by Gasteiger charge is -2.07. The average Bonchev–Trinajstić information content (AvgIpc) is 2.56. The maximum atomic E-state index is 10.9. The average molecular weight is 267 g/mol. The van der Waals surface area contributed by atoms with Gasteiger partial charge in [-0.15, -0.1) is 0 Å². The zero-order valence-electron chi connectivity index (χ0n) is 10.3. The largest absolute Gasteiger partial charge is 0.480 e. The standard InChI is InChI=1S/C13H15ClN2O2/c1-7-8(6-10(15)13(17)18)12-9(14)4-3-5-11(12)16(7)2/h3-5,10H,6,15H2,1-2H3,(H,17,18). The summed E-state index contributed by atoms with van der Waals surface area (Å²) in [5.74, 6) is -1.00. The fourth-order valence-corrected chi connectivity index (χ4v) is 2.50. The van der Waals surface area contributed by atoms with Crippen LogP contribution in [0.5, 0.6) is 0 Å². The van der Waals surface area contributed by atoms with Gasteiger partial charge in [0.2, 0.25) is 0 Å². The third-order valence-corrected chi connectivity index (χ3v) is 3.65. The number of carboxylic acids is 1. The van der Waals surface area contributed by atoms with Crippen LogP contribution < -0.4 is 5.73 Å². The van der Waals surface area contributed by atoms with Crippen molar-refractivity contribution < 1.29 is 9.90 Å². The first kappa shape index (κ1) is 12.9. The summed E-state index contributed by atoms with van der Waals surface area (Å²) in [6.07, 6.45) is 0.280. The molecule has 2 rings (SSSR count). The fourth-order valence-electron chi connectivity index (χ4n) is 2.21. The molecule has 4 nitrogen and oxygen atoms in total. The van der Waals surface area contributed by atoms with Crippen LogP contribution in [-0.2, 0) is 18.3 Å². The second-order valence-corrected chi connectivity index (χ2v) is 4.81. The van der Waals surface area contributed by atoms with Crippen LogP contribution in [0.3, 0.4) is 0 Å². The van der Waals surface area contributed by atoms with Crippen molar-refractivity contribution in [3.05, 3.63) is 34.5 Å². The molecule has 18 heavy (non-hydrogen) atoms. The molecule has 0 fully saturated rings. The quantitative estimate of drug-likeness (QED) is 0.894. The predicted octanol–water partition coefficient (Wildman–Crippen LogP) is 2.09. The second kappa shape index (κ2) is 4.63. The molecule has 0 saturated heterocycles. The molecule has 5 heteroatoms. The smallest absolute Gasteiger partial charge is 0.320 e. The highest BCUT2D eigenvalue weighted by molar-refractivity contribution is 6.35. The summed E-state index contributed by atoms with van der Waals surface area (Å²) in [6, 6.07) is 4.74. The van der Waals surface area contributed by atoms with Crippen LogP contribution in [0.1, 0.15) is 11.3 Å². The predicted molar refractivity (Wildman–Crippen MR) is 72.0 cm³/mol. The first-order valence-corrected chi connectivity index (χ1v) is 6.02. The molecule has 1 atom stereocenters. The number of rotatable bonds is 3. The molecule has 1 aromatic carbocycles. The number of halogens is 1. The number of fused-ring (bicyclic) bond motifs is 1. The Morgan fingerprint density at radius 2 is 2.22 bits per heavy atom. The lowest BCUT2D eigenvalue weighted by molar-refractivity contribution is -0.138. The number of hydrogen-bond acceptors (Lipinski definition) is 2. The molecule has 1 unspecified atom stereocenters. The minimum Gasteiger partial charge on any atom is -0.480 e. The third kappa shape index (κ3) is 1.98. The van der Waals surface area contributed by atoms with Gasteiger partial charge in [-0.3, -0.25) is 4.79 Å². The highest BCUT2D eigenvalue weighted by Crippen LogP contribution is 2.31. The summed E-state index contributed by atoms with van der Waals surface area (Å²) in [7, 11) is 1.93. The van der Waals surface area contributed by atoms with Gasteiger partial charge in [-0.25, -0.2) is 0 Å². The molecular weight excluding hydrogens is 252 g/mol.